The number of rotatable bonds is 4. The maximum absolute atomic E-state index is 5.46. The molecule has 1 aliphatic rings. The first-order valence-electron chi connectivity index (χ1n) is 6.08. The van der Waals surface area contributed by atoms with Gasteiger partial charge in [-0.1, -0.05) is 28.1 Å². The molecule has 0 aliphatic heterocycles. The van der Waals surface area contributed by atoms with Crippen LogP contribution in [0.3, 0.4) is 0 Å². The Hall–Kier alpha value is -0.500. The van der Waals surface area contributed by atoms with Crippen LogP contribution in [0.15, 0.2) is 18.2 Å². The number of benzene rings is 1. The lowest BCUT2D eigenvalue weighted by molar-refractivity contribution is 0.401. The average Bonchev–Trinajstić information content (AvgIpc) is 2.35. The molecule has 1 aromatic carbocycles. The number of hydrogen-bond donors (Lipinski definition) is 0. The van der Waals surface area contributed by atoms with E-state index in [2.05, 4.69) is 34.1 Å². The van der Waals surface area contributed by atoms with Gasteiger partial charge in [0, 0.05) is 5.33 Å². The summed E-state index contributed by atoms with van der Waals surface area (Å²) in [6, 6.07) is 6.51. The summed E-state index contributed by atoms with van der Waals surface area (Å²) < 4.78 is 5.46. The van der Waals surface area contributed by atoms with Crippen LogP contribution in [0.1, 0.15) is 42.7 Å². The van der Waals surface area contributed by atoms with E-state index in [1.807, 2.05) is 0 Å². The molecule has 0 heterocycles. The lowest BCUT2D eigenvalue weighted by Gasteiger charge is -2.26. The molecule has 1 aliphatic carbocycles. The molecule has 2 rings (SSSR count). The van der Waals surface area contributed by atoms with Crippen molar-refractivity contribution in [3.63, 3.8) is 0 Å². The van der Waals surface area contributed by atoms with E-state index in [1.54, 1.807) is 7.11 Å². The van der Waals surface area contributed by atoms with Crippen LogP contribution in [0.5, 0.6) is 5.75 Å². The zero-order valence-electron chi connectivity index (χ0n) is 9.84. The van der Waals surface area contributed by atoms with Crippen LogP contribution in [0.2, 0.25) is 0 Å². The predicted molar refractivity (Wildman–Crippen MR) is 71.7 cm³/mol. The van der Waals surface area contributed by atoms with Crippen molar-refractivity contribution >= 4 is 15.9 Å². The molecule has 0 N–H and O–H groups in total. The normalized spacial score (nSPS) is 19.2. The van der Waals surface area contributed by atoms with Crippen molar-refractivity contribution < 1.29 is 4.74 Å². The average molecular weight is 283 g/mol. The molecule has 0 amide bonds. The Kier molecular flexibility index (Phi) is 4.28. The van der Waals surface area contributed by atoms with E-state index < -0.39 is 0 Å². The van der Waals surface area contributed by atoms with E-state index in [0.717, 1.165) is 17.0 Å². The van der Waals surface area contributed by atoms with Gasteiger partial charge in [0.05, 0.1) is 7.11 Å². The molecule has 0 saturated carbocycles. The molecule has 1 atom stereocenters. The Morgan fingerprint density at radius 1 is 1.44 bits per heavy atom. The van der Waals surface area contributed by atoms with Gasteiger partial charge in [0.25, 0.3) is 0 Å². The summed E-state index contributed by atoms with van der Waals surface area (Å²) in [5.74, 6) is 1.83. The third-order valence-electron chi connectivity index (χ3n) is 3.49. The van der Waals surface area contributed by atoms with Crippen molar-refractivity contribution in [1.29, 1.82) is 0 Å². The summed E-state index contributed by atoms with van der Waals surface area (Å²) in [5, 5.41) is 1.11. The van der Waals surface area contributed by atoms with E-state index in [4.69, 9.17) is 4.74 Å². The van der Waals surface area contributed by atoms with Gasteiger partial charge in [0.15, 0.2) is 0 Å². The summed E-state index contributed by atoms with van der Waals surface area (Å²) >= 11 is 3.52. The molecule has 0 spiro atoms. The SMILES string of the molecule is COc1cccc2c1CCC[C@@H]2CCCBr. The van der Waals surface area contributed by atoms with Gasteiger partial charge in [-0.15, -0.1) is 0 Å². The van der Waals surface area contributed by atoms with Crippen LogP contribution < -0.4 is 4.74 Å². The van der Waals surface area contributed by atoms with Gasteiger partial charge >= 0.3 is 0 Å². The van der Waals surface area contributed by atoms with Gasteiger partial charge in [-0.25, -0.2) is 0 Å². The molecule has 2 heteroatoms. The minimum absolute atomic E-state index is 0.747. The number of ether oxygens (including phenoxy) is 1. The van der Waals surface area contributed by atoms with Gasteiger partial charge in [0.2, 0.25) is 0 Å². The lowest BCUT2D eigenvalue weighted by Crippen LogP contribution is -2.11. The zero-order valence-corrected chi connectivity index (χ0v) is 11.4. The molecule has 0 saturated heterocycles. The Balaban J connectivity index is 2.24. The first-order valence-corrected chi connectivity index (χ1v) is 7.20. The summed E-state index contributed by atoms with van der Waals surface area (Å²) in [7, 11) is 1.78. The smallest absolute Gasteiger partial charge is 0.122 e. The van der Waals surface area contributed by atoms with E-state index in [0.29, 0.717) is 0 Å². The first kappa shape index (κ1) is 12.0. The summed E-state index contributed by atoms with van der Waals surface area (Å²) in [6.45, 7) is 0. The van der Waals surface area contributed by atoms with Crippen LogP contribution >= 0.6 is 15.9 Å². The fourth-order valence-corrected chi connectivity index (χ4v) is 3.05. The number of methoxy groups -OCH3 is 1. The highest BCUT2D eigenvalue weighted by Crippen LogP contribution is 2.38. The van der Waals surface area contributed by atoms with Gasteiger partial charge < -0.3 is 4.74 Å². The molecule has 0 radical (unpaired) electrons. The number of fused-ring (bicyclic) bond motifs is 1. The fourth-order valence-electron chi connectivity index (χ4n) is 2.73. The first-order chi connectivity index (χ1) is 7.86. The van der Waals surface area contributed by atoms with Crippen LogP contribution in [-0.4, -0.2) is 12.4 Å². The maximum atomic E-state index is 5.46. The minimum atomic E-state index is 0.747. The predicted octanol–water partition coefficient (Wildman–Crippen LogP) is 4.29. The fraction of sp³-hybridized carbons (Fsp3) is 0.571. The number of alkyl halides is 1. The van der Waals surface area contributed by atoms with Gasteiger partial charge in [-0.2, -0.15) is 0 Å². The van der Waals surface area contributed by atoms with Crippen molar-refractivity contribution in [1.82, 2.24) is 0 Å². The third kappa shape index (κ3) is 2.42. The van der Waals surface area contributed by atoms with Crippen molar-refractivity contribution in [2.75, 3.05) is 12.4 Å². The van der Waals surface area contributed by atoms with E-state index in [9.17, 15) is 0 Å². The van der Waals surface area contributed by atoms with Gasteiger partial charge in [-0.3, -0.25) is 0 Å². The second-order valence-electron chi connectivity index (χ2n) is 4.45. The summed E-state index contributed by atoms with van der Waals surface area (Å²) in [6.07, 6.45) is 6.39. The Bertz CT molecular complexity index is 349. The van der Waals surface area contributed by atoms with Crippen molar-refractivity contribution in [3.8, 4) is 5.75 Å². The highest BCUT2D eigenvalue weighted by atomic mass is 79.9. The standard InChI is InChI=1S/C14H19BrO/c1-16-14-9-3-7-12-11(6-4-10-15)5-2-8-13(12)14/h3,7,9,11H,2,4-6,8,10H2,1H3/t11-/m1/s1. The monoisotopic (exact) mass is 282 g/mol. The van der Waals surface area contributed by atoms with Crippen molar-refractivity contribution in [2.45, 2.75) is 38.0 Å². The largest absolute Gasteiger partial charge is 0.496 e. The van der Waals surface area contributed by atoms with Gasteiger partial charge in [0.1, 0.15) is 5.75 Å². The molecule has 0 aromatic heterocycles. The Labute approximate surface area is 106 Å². The molecular formula is C14H19BrO. The molecule has 0 fully saturated rings. The Morgan fingerprint density at radius 2 is 2.31 bits per heavy atom. The van der Waals surface area contributed by atoms with Gasteiger partial charge in [-0.05, 0) is 55.2 Å². The molecule has 1 nitrogen and oxygen atoms in total. The molecule has 16 heavy (non-hydrogen) atoms. The number of hydrogen-bond acceptors (Lipinski definition) is 1. The Morgan fingerprint density at radius 3 is 3.06 bits per heavy atom. The second kappa shape index (κ2) is 5.72. The van der Waals surface area contributed by atoms with Crippen LogP contribution in [0.4, 0.5) is 0 Å². The van der Waals surface area contributed by atoms with Crippen LogP contribution in [0, 0.1) is 0 Å². The maximum Gasteiger partial charge on any atom is 0.122 e. The van der Waals surface area contributed by atoms with E-state index in [-0.39, 0.29) is 0 Å². The quantitative estimate of drug-likeness (QED) is 0.749. The molecule has 88 valence electrons. The van der Waals surface area contributed by atoms with Crippen LogP contribution in [-0.2, 0) is 6.42 Å². The molecule has 0 bridgehead atoms. The molecular weight excluding hydrogens is 264 g/mol. The molecule has 0 unspecified atom stereocenters. The van der Waals surface area contributed by atoms with E-state index >= 15 is 0 Å². The topological polar surface area (TPSA) is 9.23 Å². The lowest BCUT2D eigenvalue weighted by atomic mass is 9.80. The zero-order chi connectivity index (χ0) is 11.4. The van der Waals surface area contributed by atoms with E-state index in [1.165, 1.54) is 43.2 Å². The highest BCUT2D eigenvalue weighted by molar-refractivity contribution is 9.09. The highest BCUT2D eigenvalue weighted by Gasteiger charge is 2.21. The number of halogens is 1. The molecule has 1 aromatic rings. The minimum Gasteiger partial charge on any atom is -0.496 e. The van der Waals surface area contributed by atoms with Crippen molar-refractivity contribution in [2.24, 2.45) is 0 Å². The van der Waals surface area contributed by atoms with Crippen molar-refractivity contribution in [3.05, 3.63) is 29.3 Å². The van der Waals surface area contributed by atoms with Crippen LogP contribution in [0.25, 0.3) is 0 Å². The summed E-state index contributed by atoms with van der Waals surface area (Å²) in [4.78, 5) is 0. The second-order valence-corrected chi connectivity index (χ2v) is 5.24. The summed E-state index contributed by atoms with van der Waals surface area (Å²) in [5.41, 5.74) is 2.99. The third-order valence-corrected chi connectivity index (χ3v) is 4.06.